The second-order valence-electron chi connectivity index (χ2n) is 6.90. The number of carbonyl (C=O) groups is 2. The maximum Gasteiger partial charge on any atom is 0.344 e. The number of para-hydroxylation sites is 1. The van der Waals surface area contributed by atoms with E-state index < -0.39 is 23.4 Å². The summed E-state index contributed by atoms with van der Waals surface area (Å²) >= 11 is 0. The highest BCUT2D eigenvalue weighted by molar-refractivity contribution is 5.95. The summed E-state index contributed by atoms with van der Waals surface area (Å²) in [6.45, 7) is 6.87. The number of carbonyl (C=O) groups excluding carboxylic acids is 2. The van der Waals surface area contributed by atoms with Gasteiger partial charge in [-0.15, -0.1) is 0 Å². The maximum atomic E-state index is 12.0. The molecule has 0 saturated carbocycles. The van der Waals surface area contributed by atoms with Gasteiger partial charge in [0.1, 0.15) is 11.4 Å². The van der Waals surface area contributed by atoms with Crippen LogP contribution in [0.15, 0.2) is 36.4 Å². The molecule has 0 aliphatic carbocycles. The van der Waals surface area contributed by atoms with Crippen LogP contribution in [0.3, 0.4) is 0 Å². The molecule has 0 bridgehead atoms. The van der Waals surface area contributed by atoms with Crippen molar-refractivity contribution in [3.8, 4) is 5.75 Å². The molecule has 0 unspecified atom stereocenters. The molecule has 2 aromatic carbocycles. The molecule has 0 aliphatic heterocycles. The molecule has 0 spiro atoms. The second-order valence-corrected chi connectivity index (χ2v) is 6.90. The predicted molar refractivity (Wildman–Crippen MR) is 108 cm³/mol. The van der Waals surface area contributed by atoms with Gasteiger partial charge in [0.05, 0.1) is 4.92 Å². The summed E-state index contributed by atoms with van der Waals surface area (Å²) < 4.78 is 10.3. The summed E-state index contributed by atoms with van der Waals surface area (Å²) in [5.41, 5.74) is 2.64. The molecular weight excluding hydrogens is 376 g/mol. The molecule has 8 nitrogen and oxygen atoms in total. The van der Waals surface area contributed by atoms with Gasteiger partial charge in [0.2, 0.25) is 0 Å². The van der Waals surface area contributed by atoms with Crippen molar-refractivity contribution in [1.82, 2.24) is 0 Å². The first-order chi connectivity index (χ1) is 13.7. The number of ether oxygens (including phenoxy) is 2. The standard InChI is InChI=1S/C21H24N2O6/c1-13(2)17-9-8-16(10-15(17)4)28-12-20(25)29-11-19(24)22-21-14(3)6-5-7-18(21)23(26)27/h5-10,13H,11-12H2,1-4H3,(H,22,24). The number of nitro groups is 1. The van der Waals surface area contributed by atoms with Crippen molar-refractivity contribution in [3.63, 3.8) is 0 Å². The zero-order valence-corrected chi connectivity index (χ0v) is 16.9. The minimum Gasteiger partial charge on any atom is -0.482 e. The van der Waals surface area contributed by atoms with Crippen LogP contribution < -0.4 is 10.1 Å². The zero-order chi connectivity index (χ0) is 21.6. The highest BCUT2D eigenvalue weighted by atomic mass is 16.6. The monoisotopic (exact) mass is 400 g/mol. The molecule has 29 heavy (non-hydrogen) atoms. The lowest BCUT2D eigenvalue weighted by atomic mass is 9.98. The fourth-order valence-electron chi connectivity index (χ4n) is 2.86. The molecule has 0 aliphatic rings. The molecule has 2 aromatic rings. The fourth-order valence-corrected chi connectivity index (χ4v) is 2.86. The van der Waals surface area contributed by atoms with Gasteiger partial charge in [0.25, 0.3) is 11.6 Å². The molecule has 1 N–H and O–H groups in total. The Bertz CT molecular complexity index is 923. The number of amides is 1. The molecule has 2 rings (SSSR count). The van der Waals surface area contributed by atoms with E-state index in [4.69, 9.17) is 9.47 Å². The van der Waals surface area contributed by atoms with Crippen LogP contribution >= 0.6 is 0 Å². The first-order valence-corrected chi connectivity index (χ1v) is 9.12. The number of nitrogens with one attached hydrogen (secondary N) is 1. The van der Waals surface area contributed by atoms with Gasteiger partial charge in [-0.2, -0.15) is 0 Å². The molecule has 0 heterocycles. The third-order valence-corrected chi connectivity index (χ3v) is 4.30. The zero-order valence-electron chi connectivity index (χ0n) is 16.9. The lowest BCUT2D eigenvalue weighted by molar-refractivity contribution is -0.384. The molecule has 0 aromatic heterocycles. The average Bonchev–Trinajstić information content (AvgIpc) is 2.65. The molecular formula is C21H24N2O6. The van der Waals surface area contributed by atoms with Gasteiger partial charge in [0.15, 0.2) is 13.2 Å². The lowest BCUT2D eigenvalue weighted by Gasteiger charge is -2.12. The van der Waals surface area contributed by atoms with E-state index in [1.807, 2.05) is 19.1 Å². The van der Waals surface area contributed by atoms with Crippen LogP contribution in [0.4, 0.5) is 11.4 Å². The molecule has 1 amide bonds. The van der Waals surface area contributed by atoms with Crippen molar-refractivity contribution in [2.75, 3.05) is 18.5 Å². The molecule has 0 fully saturated rings. The van der Waals surface area contributed by atoms with Crippen molar-refractivity contribution in [2.45, 2.75) is 33.6 Å². The van der Waals surface area contributed by atoms with Gasteiger partial charge in [-0.05, 0) is 48.6 Å². The Morgan fingerprint density at radius 1 is 1.10 bits per heavy atom. The fraction of sp³-hybridized carbons (Fsp3) is 0.333. The van der Waals surface area contributed by atoms with E-state index in [1.54, 1.807) is 19.1 Å². The van der Waals surface area contributed by atoms with Crippen LogP contribution in [-0.2, 0) is 14.3 Å². The Kier molecular flexibility index (Phi) is 7.30. The Morgan fingerprint density at radius 2 is 1.83 bits per heavy atom. The van der Waals surface area contributed by atoms with E-state index >= 15 is 0 Å². The number of rotatable bonds is 8. The number of nitro benzene ring substituents is 1. The molecule has 154 valence electrons. The van der Waals surface area contributed by atoms with Gasteiger partial charge >= 0.3 is 5.97 Å². The summed E-state index contributed by atoms with van der Waals surface area (Å²) in [5.74, 6) is -0.474. The highest BCUT2D eigenvalue weighted by Gasteiger charge is 2.18. The summed E-state index contributed by atoms with van der Waals surface area (Å²) in [5, 5.41) is 13.5. The minimum absolute atomic E-state index is 0.0792. The SMILES string of the molecule is Cc1cc(OCC(=O)OCC(=O)Nc2c(C)cccc2[N+](=O)[O-])ccc1C(C)C. The first kappa shape index (κ1) is 21.9. The highest BCUT2D eigenvalue weighted by Crippen LogP contribution is 2.27. The van der Waals surface area contributed by atoms with E-state index in [1.165, 1.54) is 17.7 Å². The number of esters is 1. The van der Waals surface area contributed by atoms with Crippen LogP contribution in [-0.4, -0.2) is 30.0 Å². The molecule has 0 saturated heterocycles. The Labute approximate surface area is 169 Å². The van der Waals surface area contributed by atoms with Gasteiger partial charge < -0.3 is 14.8 Å². The summed E-state index contributed by atoms with van der Waals surface area (Å²) in [6, 6.07) is 10.0. The maximum absolute atomic E-state index is 12.0. The number of hydrogen-bond donors (Lipinski definition) is 1. The topological polar surface area (TPSA) is 108 Å². The number of benzene rings is 2. The summed E-state index contributed by atoms with van der Waals surface area (Å²) in [6.07, 6.45) is 0. The smallest absolute Gasteiger partial charge is 0.344 e. The summed E-state index contributed by atoms with van der Waals surface area (Å²) in [4.78, 5) is 34.3. The van der Waals surface area contributed by atoms with Crippen molar-refractivity contribution in [1.29, 1.82) is 0 Å². The Balaban J connectivity index is 1.86. The predicted octanol–water partition coefficient (Wildman–Crippen LogP) is 3.90. The van der Waals surface area contributed by atoms with Gasteiger partial charge in [0, 0.05) is 6.07 Å². The Morgan fingerprint density at radius 3 is 2.45 bits per heavy atom. The van der Waals surface area contributed by atoms with Gasteiger partial charge in [-0.1, -0.05) is 32.0 Å². The van der Waals surface area contributed by atoms with Crippen LogP contribution in [0.2, 0.25) is 0 Å². The van der Waals surface area contributed by atoms with Crippen molar-refractivity contribution >= 4 is 23.3 Å². The van der Waals surface area contributed by atoms with Crippen molar-refractivity contribution in [2.24, 2.45) is 0 Å². The Hall–Kier alpha value is -3.42. The third-order valence-electron chi connectivity index (χ3n) is 4.30. The largest absolute Gasteiger partial charge is 0.482 e. The average molecular weight is 400 g/mol. The van der Waals surface area contributed by atoms with Crippen LogP contribution in [0.25, 0.3) is 0 Å². The third kappa shape index (κ3) is 6.03. The van der Waals surface area contributed by atoms with Crippen LogP contribution in [0, 0.1) is 24.0 Å². The summed E-state index contributed by atoms with van der Waals surface area (Å²) in [7, 11) is 0. The van der Waals surface area contributed by atoms with Crippen molar-refractivity contribution in [3.05, 3.63) is 63.2 Å². The number of anilines is 1. The number of aryl methyl sites for hydroxylation is 2. The van der Waals surface area contributed by atoms with E-state index in [-0.39, 0.29) is 18.0 Å². The molecule has 0 radical (unpaired) electrons. The lowest BCUT2D eigenvalue weighted by Crippen LogP contribution is -2.24. The molecule has 0 atom stereocenters. The van der Waals surface area contributed by atoms with Crippen LogP contribution in [0.1, 0.15) is 36.5 Å². The van der Waals surface area contributed by atoms with Gasteiger partial charge in [-0.25, -0.2) is 4.79 Å². The quantitative estimate of drug-likeness (QED) is 0.409. The normalized spacial score (nSPS) is 10.5. The van der Waals surface area contributed by atoms with Crippen LogP contribution in [0.5, 0.6) is 5.75 Å². The van der Waals surface area contributed by atoms with Crippen molar-refractivity contribution < 1.29 is 24.0 Å². The van der Waals surface area contributed by atoms with E-state index in [9.17, 15) is 19.7 Å². The second kappa shape index (κ2) is 9.68. The minimum atomic E-state index is -0.718. The van der Waals surface area contributed by atoms with E-state index in [2.05, 4.69) is 19.2 Å². The molecule has 8 heteroatoms. The first-order valence-electron chi connectivity index (χ1n) is 9.12. The number of hydrogen-bond acceptors (Lipinski definition) is 6. The van der Waals surface area contributed by atoms with Gasteiger partial charge in [-0.3, -0.25) is 14.9 Å². The number of nitrogens with zero attached hydrogens (tertiary/aromatic N) is 1. The van der Waals surface area contributed by atoms with E-state index in [0.29, 0.717) is 17.2 Å². The van der Waals surface area contributed by atoms with E-state index in [0.717, 1.165) is 5.56 Å².